The fourth-order valence-electron chi connectivity index (χ4n) is 1.97. The van der Waals surface area contributed by atoms with Crippen LogP contribution in [0.5, 0.6) is 0 Å². The second-order valence-corrected chi connectivity index (χ2v) is 4.45. The van der Waals surface area contributed by atoms with Crippen LogP contribution in [0.2, 0.25) is 5.02 Å². The molecular weight excluding hydrogens is 240 g/mol. The van der Waals surface area contributed by atoms with Gasteiger partial charge in [-0.1, -0.05) is 17.7 Å². The number of halogens is 1. The molecule has 1 aliphatic rings. The number of benzene rings is 1. The Labute approximate surface area is 105 Å². The molecule has 1 fully saturated rings. The molecule has 0 bridgehead atoms. The normalized spacial score (nSPS) is 19.5. The second-order valence-electron chi connectivity index (χ2n) is 4.01. The topological polar surface area (TPSA) is 55.6 Å². The van der Waals surface area contributed by atoms with E-state index in [9.17, 15) is 4.79 Å². The highest BCUT2D eigenvalue weighted by molar-refractivity contribution is 6.30. The van der Waals surface area contributed by atoms with Gasteiger partial charge in [0.1, 0.15) is 6.61 Å². The van der Waals surface area contributed by atoms with Crippen LogP contribution in [0.25, 0.3) is 0 Å². The van der Waals surface area contributed by atoms with Crippen LogP contribution >= 0.6 is 11.6 Å². The van der Waals surface area contributed by atoms with Gasteiger partial charge < -0.3 is 10.5 Å². The first-order chi connectivity index (χ1) is 8.22. The number of hydrogen-bond acceptors (Lipinski definition) is 3. The molecular formula is C12H15ClN2O2. The van der Waals surface area contributed by atoms with Crippen molar-refractivity contribution in [2.75, 3.05) is 18.1 Å². The van der Waals surface area contributed by atoms with Gasteiger partial charge in [-0.2, -0.15) is 0 Å². The lowest BCUT2D eigenvalue weighted by atomic mass is 10.1. The van der Waals surface area contributed by atoms with Crippen LogP contribution in [0, 0.1) is 0 Å². The number of cyclic esters (lactones) is 1. The first-order valence-corrected chi connectivity index (χ1v) is 6.02. The maximum atomic E-state index is 11.7. The monoisotopic (exact) mass is 254 g/mol. The van der Waals surface area contributed by atoms with Crippen molar-refractivity contribution in [2.45, 2.75) is 18.9 Å². The van der Waals surface area contributed by atoms with Gasteiger partial charge in [0.15, 0.2) is 0 Å². The molecule has 0 spiro atoms. The minimum Gasteiger partial charge on any atom is -0.447 e. The van der Waals surface area contributed by atoms with Gasteiger partial charge in [0.2, 0.25) is 0 Å². The number of anilines is 1. The molecule has 17 heavy (non-hydrogen) atoms. The predicted molar refractivity (Wildman–Crippen MR) is 67.4 cm³/mol. The molecule has 0 saturated carbocycles. The number of amides is 1. The van der Waals surface area contributed by atoms with E-state index >= 15 is 0 Å². The van der Waals surface area contributed by atoms with Gasteiger partial charge >= 0.3 is 6.09 Å². The molecule has 1 saturated heterocycles. The fraction of sp³-hybridized carbons (Fsp3) is 0.417. The Kier molecular flexibility index (Phi) is 3.86. The summed E-state index contributed by atoms with van der Waals surface area (Å²) >= 11 is 5.92. The molecule has 4 nitrogen and oxygen atoms in total. The van der Waals surface area contributed by atoms with Crippen molar-refractivity contribution in [1.29, 1.82) is 0 Å². The Hall–Kier alpha value is -1.26. The van der Waals surface area contributed by atoms with E-state index in [-0.39, 0.29) is 12.1 Å². The van der Waals surface area contributed by atoms with Crippen molar-refractivity contribution in [2.24, 2.45) is 5.73 Å². The highest BCUT2D eigenvalue weighted by Gasteiger charge is 2.33. The van der Waals surface area contributed by atoms with Crippen molar-refractivity contribution in [3.63, 3.8) is 0 Å². The fourth-order valence-corrected chi connectivity index (χ4v) is 2.15. The highest BCUT2D eigenvalue weighted by atomic mass is 35.5. The summed E-state index contributed by atoms with van der Waals surface area (Å²) in [5, 5.41) is 0.611. The quantitative estimate of drug-likeness (QED) is 0.898. The van der Waals surface area contributed by atoms with E-state index in [1.165, 1.54) is 0 Å². The molecule has 1 aromatic rings. The van der Waals surface area contributed by atoms with Gasteiger partial charge in [0.05, 0.1) is 6.04 Å². The predicted octanol–water partition coefficient (Wildman–Crippen LogP) is 2.40. The Morgan fingerprint density at radius 3 is 3.06 bits per heavy atom. The van der Waals surface area contributed by atoms with Gasteiger partial charge in [-0.05, 0) is 37.6 Å². The second kappa shape index (κ2) is 5.38. The van der Waals surface area contributed by atoms with E-state index in [0.29, 0.717) is 18.2 Å². The van der Waals surface area contributed by atoms with Crippen LogP contribution in [0.15, 0.2) is 24.3 Å². The summed E-state index contributed by atoms with van der Waals surface area (Å²) in [5.41, 5.74) is 6.26. The molecule has 5 heteroatoms. The molecule has 1 amide bonds. The summed E-state index contributed by atoms with van der Waals surface area (Å²) in [4.78, 5) is 13.3. The van der Waals surface area contributed by atoms with Crippen LogP contribution in [0.3, 0.4) is 0 Å². The Balaban J connectivity index is 2.18. The molecule has 92 valence electrons. The molecule has 0 aliphatic carbocycles. The molecule has 1 atom stereocenters. The summed E-state index contributed by atoms with van der Waals surface area (Å²) in [6, 6.07) is 7.28. The lowest BCUT2D eigenvalue weighted by Gasteiger charge is -2.21. The average molecular weight is 255 g/mol. The van der Waals surface area contributed by atoms with E-state index in [1.54, 1.807) is 17.0 Å². The summed E-state index contributed by atoms with van der Waals surface area (Å²) in [5.74, 6) is 0. The summed E-state index contributed by atoms with van der Waals surface area (Å²) in [6.45, 7) is 1.04. The number of ether oxygens (including phenoxy) is 1. The van der Waals surface area contributed by atoms with Gasteiger partial charge in [0.25, 0.3) is 0 Å². The molecule has 1 unspecified atom stereocenters. The van der Waals surface area contributed by atoms with Crippen LogP contribution < -0.4 is 10.6 Å². The van der Waals surface area contributed by atoms with Gasteiger partial charge in [-0.3, -0.25) is 4.90 Å². The maximum Gasteiger partial charge on any atom is 0.414 e. The van der Waals surface area contributed by atoms with Crippen LogP contribution in [0.4, 0.5) is 10.5 Å². The van der Waals surface area contributed by atoms with E-state index in [0.717, 1.165) is 18.5 Å². The molecule has 1 aliphatic heterocycles. The van der Waals surface area contributed by atoms with Crippen molar-refractivity contribution in [3.05, 3.63) is 29.3 Å². The van der Waals surface area contributed by atoms with Crippen molar-refractivity contribution < 1.29 is 9.53 Å². The van der Waals surface area contributed by atoms with Crippen LogP contribution in [0.1, 0.15) is 12.8 Å². The lowest BCUT2D eigenvalue weighted by molar-refractivity contribution is 0.178. The third-order valence-corrected chi connectivity index (χ3v) is 3.02. The highest BCUT2D eigenvalue weighted by Crippen LogP contribution is 2.27. The molecule has 2 rings (SSSR count). The molecule has 1 aromatic carbocycles. The van der Waals surface area contributed by atoms with E-state index < -0.39 is 0 Å². The number of carbonyl (C=O) groups is 1. The minimum absolute atomic E-state index is 0.0597. The molecule has 2 N–H and O–H groups in total. The van der Waals surface area contributed by atoms with Gasteiger partial charge in [0, 0.05) is 10.7 Å². The maximum absolute atomic E-state index is 11.7. The first kappa shape index (κ1) is 12.2. The van der Waals surface area contributed by atoms with Crippen molar-refractivity contribution >= 4 is 23.4 Å². The van der Waals surface area contributed by atoms with E-state index in [4.69, 9.17) is 22.1 Å². The average Bonchev–Trinajstić information content (AvgIpc) is 2.68. The number of rotatable bonds is 4. The zero-order valence-corrected chi connectivity index (χ0v) is 10.2. The summed E-state index contributed by atoms with van der Waals surface area (Å²) in [6.07, 6.45) is 1.40. The Morgan fingerprint density at radius 2 is 2.35 bits per heavy atom. The van der Waals surface area contributed by atoms with Gasteiger partial charge in [-0.15, -0.1) is 0 Å². The third kappa shape index (κ3) is 2.70. The standard InChI is InChI=1S/C12H15ClN2O2/c13-9-3-1-4-10(7-9)15-11(5-2-6-14)8-17-12(15)16/h1,3-4,7,11H,2,5-6,8,14H2. The van der Waals surface area contributed by atoms with E-state index in [2.05, 4.69) is 0 Å². The summed E-state index contributed by atoms with van der Waals surface area (Å²) < 4.78 is 5.07. The third-order valence-electron chi connectivity index (χ3n) is 2.79. The molecule has 0 radical (unpaired) electrons. The van der Waals surface area contributed by atoms with Crippen LogP contribution in [-0.2, 0) is 4.74 Å². The molecule has 1 heterocycles. The number of hydrogen-bond donors (Lipinski definition) is 1. The molecule has 0 aromatic heterocycles. The van der Waals surface area contributed by atoms with Crippen LogP contribution in [-0.4, -0.2) is 25.3 Å². The van der Waals surface area contributed by atoms with Gasteiger partial charge in [-0.25, -0.2) is 4.79 Å². The first-order valence-electron chi connectivity index (χ1n) is 5.64. The number of nitrogens with zero attached hydrogens (tertiary/aromatic N) is 1. The SMILES string of the molecule is NCCCC1COC(=O)N1c1cccc(Cl)c1. The zero-order chi connectivity index (χ0) is 12.3. The number of nitrogens with two attached hydrogens (primary N) is 1. The number of carbonyl (C=O) groups excluding carboxylic acids is 1. The smallest absolute Gasteiger partial charge is 0.414 e. The largest absolute Gasteiger partial charge is 0.447 e. The Bertz CT molecular complexity index is 411. The Morgan fingerprint density at radius 1 is 1.53 bits per heavy atom. The zero-order valence-electron chi connectivity index (χ0n) is 9.43. The van der Waals surface area contributed by atoms with Crippen molar-refractivity contribution in [1.82, 2.24) is 0 Å². The lowest BCUT2D eigenvalue weighted by Crippen LogP contribution is -2.33. The minimum atomic E-state index is -0.311. The summed E-state index contributed by atoms with van der Waals surface area (Å²) in [7, 11) is 0. The van der Waals surface area contributed by atoms with E-state index in [1.807, 2.05) is 12.1 Å². The van der Waals surface area contributed by atoms with Crippen molar-refractivity contribution in [3.8, 4) is 0 Å².